The first-order chi connectivity index (χ1) is 9.12. The minimum Gasteiger partial charge on any atom is -0.326 e. The molecule has 1 heterocycles. The van der Waals surface area contributed by atoms with Gasteiger partial charge in [-0.05, 0) is 24.5 Å². The van der Waals surface area contributed by atoms with Gasteiger partial charge in [0, 0.05) is 18.8 Å². The Morgan fingerprint density at radius 2 is 1.89 bits per heavy atom. The highest BCUT2D eigenvalue weighted by molar-refractivity contribution is 7.89. The van der Waals surface area contributed by atoms with E-state index >= 15 is 0 Å². The highest BCUT2D eigenvalue weighted by Gasteiger charge is 2.21. The quantitative estimate of drug-likeness (QED) is 0.821. The number of hydrogen-bond donors (Lipinski definition) is 2. The van der Waals surface area contributed by atoms with E-state index < -0.39 is 10.0 Å². The van der Waals surface area contributed by atoms with Crippen LogP contribution < -0.4 is 10.5 Å². The molecule has 6 heteroatoms. The van der Waals surface area contributed by atoms with E-state index in [0.717, 1.165) is 31.2 Å². The number of nitrogens with zero attached hydrogens (tertiary/aromatic N) is 1. The van der Waals surface area contributed by atoms with Crippen LogP contribution in [-0.4, -0.2) is 19.4 Å². The number of sulfonamides is 1. The topological polar surface area (TPSA) is 85.1 Å². The van der Waals surface area contributed by atoms with Crippen LogP contribution in [0.5, 0.6) is 0 Å². The molecule has 5 nitrogen and oxygen atoms in total. The van der Waals surface area contributed by atoms with Crippen LogP contribution in [0.25, 0.3) is 0 Å². The zero-order chi connectivity index (χ0) is 13.7. The van der Waals surface area contributed by atoms with Gasteiger partial charge in [0.15, 0.2) is 5.03 Å². The summed E-state index contributed by atoms with van der Waals surface area (Å²) in [6, 6.07) is 3.26. The Morgan fingerprint density at radius 3 is 2.42 bits per heavy atom. The van der Waals surface area contributed by atoms with Crippen molar-refractivity contribution < 1.29 is 8.42 Å². The van der Waals surface area contributed by atoms with Crippen LogP contribution in [0, 0.1) is 0 Å². The van der Waals surface area contributed by atoms with E-state index in [1.165, 1.54) is 25.1 Å². The maximum atomic E-state index is 12.2. The Labute approximate surface area is 114 Å². The molecule has 1 aromatic heterocycles. The Balaban J connectivity index is 2.07. The highest BCUT2D eigenvalue weighted by atomic mass is 32.2. The Kier molecular flexibility index (Phi) is 4.90. The van der Waals surface area contributed by atoms with Gasteiger partial charge in [0.2, 0.25) is 0 Å². The molecule has 0 spiro atoms. The van der Waals surface area contributed by atoms with Crippen molar-refractivity contribution in [3.8, 4) is 0 Å². The average molecular weight is 283 g/mol. The summed E-state index contributed by atoms with van der Waals surface area (Å²) >= 11 is 0. The van der Waals surface area contributed by atoms with Crippen molar-refractivity contribution in [2.75, 3.05) is 0 Å². The average Bonchev–Trinajstić information content (AvgIpc) is 2.67. The van der Waals surface area contributed by atoms with E-state index in [-0.39, 0.29) is 11.1 Å². The summed E-state index contributed by atoms with van der Waals surface area (Å²) in [4.78, 5) is 3.98. The van der Waals surface area contributed by atoms with Crippen molar-refractivity contribution in [2.45, 2.75) is 56.1 Å². The number of aromatic nitrogens is 1. The van der Waals surface area contributed by atoms with E-state index in [1.807, 2.05) is 0 Å². The molecule has 1 aliphatic rings. The van der Waals surface area contributed by atoms with Crippen molar-refractivity contribution in [2.24, 2.45) is 5.73 Å². The first-order valence-corrected chi connectivity index (χ1v) is 8.27. The standard InChI is InChI=1S/C13H21N3O2S/c14-9-11-7-8-13(15-10-11)19(17,18)16-12-5-3-1-2-4-6-12/h7-8,10,12,16H,1-6,9,14H2. The lowest BCUT2D eigenvalue weighted by Crippen LogP contribution is -2.34. The molecule has 0 aliphatic heterocycles. The molecule has 3 N–H and O–H groups in total. The van der Waals surface area contributed by atoms with E-state index in [2.05, 4.69) is 9.71 Å². The summed E-state index contributed by atoms with van der Waals surface area (Å²) in [5, 5.41) is 0.0777. The second kappa shape index (κ2) is 6.45. The van der Waals surface area contributed by atoms with E-state index in [9.17, 15) is 8.42 Å². The molecule has 1 fully saturated rings. The van der Waals surface area contributed by atoms with Gasteiger partial charge in [-0.2, -0.15) is 0 Å². The normalized spacial score (nSPS) is 18.2. The molecule has 0 bridgehead atoms. The van der Waals surface area contributed by atoms with Gasteiger partial charge in [-0.1, -0.05) is 31.7 Å². The van der Waals surface area contributed by atoms with Crippen molar-refractivity contribution in [3.63, 3.8) is 0 Å². The van der Waals surface area contributed by atoms with Crippen molar-refractivity contribution in [1.29, 1.82) is 0 Å². The summed E-state index contributed by atoms with van der Waals surface area (Å²) < 4.78 is 27.2. The van der Waals surface area contributed by atoms with Crippen LogP contribution in [0.1, 0.15) is 44.1 Å². The Bertz CT molecular complexity index is 491. The first kappa shape index (κ1) is 14.4. The fraction of sp³-hybridized carbons (Fsp3) is 0.615. The van der Waals surface area contributed by atoms with Crippen LogP contribution >= 0.6 is 0 Å². The maximum Gasteiger partial charge on any atom is 0.258 e. The van der Waals surface area contributed by atoms with Gasteiger partial charge >= 0.3 is 0 Å². The SMILES string of the molecule is NCc1ccc(S(=O)(=O)NC2CCCCCC2)nc1. The third kappa shape index (κ3) is 3.99. The molecule has 0 saturated heterocycles. The number of rotatable bonds is 4. The molecule has 0 aromatic carbocycles. The molecule has 106 valence electrons. The second-order valence-electron chi connectivity index (χ2n) is 5.02. The van der Waals surface area contributed by atoms with E-state index in [1.54, 1.807) is 6.07 Å². The van der Waals surface area contributed by atoms with Gasteiger partial charge in [0.1, 0.15) is 0 Å². The van der Waals surface area contributed by atoms with Gasteiger partial charge in [-0.3, -0.25) is 0 Å². The van der Waals surface area contributed by atoms with Crippen molar-refractivity contribution >= 4 is 10.0 Å². The molecule has 0 unspecified atom stereocenters. The largest absolute Gasteiger partial charge is 0.326 e. The minimum absolute atomic E-state index is 0.0449. The molecule has 1 aliphatic carbocycles. The zero-order valence-electron chi connectivity index (χ0n) is 11.0. The summed E-state index contributed by atoms with van der Waals surface area (Å²) in [6.45, 7) is 0.364. The summed E-state index contributed by atoms with van der Waals surface area (Å²) in [7, 11) is -3.50. The molecule has 0 atom stereocenters. The van der Waals surface area contributed by atoms with E-state index in [0.29, 0.717) is 6.54 Å². The van der Waals surface area contributed by atoms with Crippen molar-refractivity contribution in [1.82, 2.24) is 9.71 Å². The van der Waals surface area contributed by atoms with Crippen LogP contribution in [0.4, 0.5) is 0 Å². The van der Waals surface area contributed by atoms with Crippen LogP contribution in [-0.2, 0) is 16.6 Å². The van der Waals surface area contributed by atoms with Crippen LogP contribution in [0.3, 0.4) is 0 Å². The molecule has 0 amide bonds. The number of nitrogens with one attached hydrogen (secondary N) is 1. The third-order valence-electron chi connectivity index (χ3n) is 3.49. The molecule has 1 aromatic rings. The second-order valence-corrected chi connectivity index (χ2v) is 6.68. The lowest BCUT2D eigenvalue weighted by atomic mass is 10.1. The summed E-state index contributed by atoms with van der Waals surface area (Å²) in [5.41, 5.74) is 6.30. The smallest absolute Gasteiger partial charge is 0.258 e. The summed E-state index contributed by atoms with van der Waals surface area (Å²) in [5.74, 6) is 0. The van der Waals surface area contributed by atoms with Crippen molar-refractivity contribution in [3.05, 3.63) is 23.9 Å². The van der Waals surface area contributed by atoms with Gasteiger partial charge < -0.3 is 5.73 Å². The predicted octanol–water partition coefficient (Wildman–Crippen LogP) is 1.54. The molecular formula is C13H21N3O2S. The van der Waals surface area contributed by atoms with Crippen LogP contribution in [0.2, 0.25) is 0 Å². The molecular weight excluding hydrogens is 262 g/mol. The number of pyridine rings is 1. The molecule has 0 radical (unpaired) electrons. The molecule has 2 rings (SSSR count). The minimum atomic E-state index is -3.50. The van der Waals surface area contributed by atoms with Gasteiger partial charge in [0.05, 0.1) is 0 Å². The number of hydrogen-bond acceptors (Lipinski definition) is 4. The first-order valence-electron chi connectivity index (χ1n) is 6.79. The van der Waals surface area contributed by atoms with E-state index in [4.69, 9.17) is 5.73 Å². The summed E-state index contributed by atoms with van der Waals surface area (Å²) in [6.07, 6.45) is 7.92. The Morgan fingerprint density at radius 1 is 1.21 bits per heavy atom. The van der Waals surface area contributed by atoms with Crippen LogP contribution in [0.15, 0.2) is 23.4 Å². The van der Waals surface area contributed by atoms with Gasteiger partial charge in [-0.25, -0.2) is 18.1 Å². The lowest BCUT2D eigenvalue weighted by molar-refractivity contribution is 0.508. The van der Waals surface area contributed by atoms with Gasteiger partial charge in [-0.15, -0.1) is 0 Å². The third-order valence-corrected chi connectivity index (χ3v) is 4.92. The van der Waals surface area contributed by atoms with Gasteiger partial charge in [0.25, 0.3) is 10.0 Å². The number of nitrogens with two attached hydrogens (primary N) is 1. The molecule has 19 heavy (non-hydrogen) atoms. The monoisotopic (exact) mass is 283 g/mol. The lowest BCUT2D eigenvalue weighted by Gasteiger charge is -2.15. The highest BCUT2D eigenvalue weighted by Crippen LogP contribution is 2.19. The predicted molar refractivity (Wildman–Crippen MR) is 73.9 cm³/mol. The Hall–Kier alpha value is -0.980. The fourth-order valence-electron chi connectivity index (χ4n) is 2.37. The maximum absolute atomic E-state index is 12.2. The fourth-order valence-corrected chi connectivity index (χ4v) is 3.60. The zero-order valence-corrected chi connectivity index (χ0v) is 11.8. The molecule has 1 saturated carbocycles.